The Morgan fingerprint density at radius 3 is 2.61 bits per heavy atom. The monoisotopic (exact) mass is 252 g/mol. The molecule has 1 atom stereocenters. The van der Waals surface area contributed by atoms with Gasteiger partial charge in [0, 0.05) is 6.04 Å². The van der Waals surface area contributed by atoms with Crippen molar-refractivity contribution in [2.45, 2.75) is 32.2 Å². The Balaban J connectivity index is 2.48. The molecule has 1 aromatic heterocycles. The lowest BCUT2D eigenvalue weighted by Crippen LogP contribution is -2.39. The lowest BCUT2D eigenvalue weighted by Gasteiger charge is -2.16. The number of rotatable bonds is 6. The largest absolute Gasteiger partial charge is 0.481 e. The van der Waals surface area contributed by atoms with E-state index in [2.05, 4.69) is 20.6 Å². The van der Waals surface area contributed by atoms with E-state index in [1.165, 1.54) is 18.7 Å². The summed E-state index contributed by atoms with van der Waals surface area (Å²) in [5.74, 6) is -0.934. The molecular formula is C11H16N4O3. The highest BCUT2D eigenvalue weighted by atomic mass is 16.4. The van der Waals surface area contributed by atoms with Crippen LogP contribution in [0.25, 0.3) is 0 Å². The number of anilines is 1. The first kappa shape index (κ1) is 13.9. The SMILES string of the molecule is CCCC(CC(=O)O)NC(=O)Nc1cncnc1. The van der Waals surface area contributed by atoms with Gasteiger partial charge < -0.3 is 15.7 Å². The van der Waals surface area contributed by atoms with Crippen molar-refractivity contribution >= 4 is 17.7 Å². The predicted molar refractivity (Wildman–Crippen MR) is 65.1 cm³/mol. The van der Waals surface area contributed by atoms with Gasteiger partial charge in [0.1, 0.15) is 6.33 Å². The van der Waals surface area contributed by atoms with Crippen molar-refractivity contribution in [3.8, 4) is 0 Å². The number of urea groups is 1. The number of nitrogens with one attached hydrogen (secondary N) is 2. The maximum Gasteiger partial charge on any atom is 0.319 e. The third-order valence-corrected chi connectivity index (χ3v) is 2.21. The molecule has 0 aliphatic heterocycles. The number of aliphatic carboxylic acids is 1. The normalized spacial score (nSPS) is 11.6. The van der Waals surface area contributed by atoms with E-state index in [1.807, 2.05) is 6.92 Å². The van der Waals surface area contributed by atoms with E-state index in [0.29, 0.717) is 12.1 Å². The van der Waals surface area contributed by atoms with Crippen molar-refractivity contribution in [1.82, 2.24) is 15.3 Å². The molecule has 0 aliphatic rings. The van der Waals surface area contributed by atoms with Gasteiger partial charge in [-0.1, -0.05) is 13.3 Å². The molecule has 0 spiro atoms. The number of amides is 2. The van der Waals surface area contributed by atoms with E-state index in [4.69, 9.17) is 5.11 Å². The lowest BCUT2D eigenvalue weighted by atomic mass is 10.1. The molecule has 3 N–H and O–H groups in total. The average molecular weight is 252 g/mol. The fraction of sp³-hybridized carbons (Fsp3) is 0.455. The number of aromatic nitrogens is 2. The summed E-state index contributed by atoms with van der Waals surface area (Å²) in [6, 6.07) is -0.832. The van der Waals surface area contributed by atoms with Gasteiger partial charge >= 0.3 is 12.0 Å². The van der Waals surface area contributed by atoms with Gasteiger partial charge in [0.15, 0.2) is 0 Å². The predicted octanol–water partition coefficient (Wildman–Crippen LogP) is 1.24. The molecule has 0 aliphatic carbocycles. The highest BCUT2D eigenvalue weighted by Gasteiger charge is 2.15. The zero-order chi connectivity index (χ0) is 13.4. The highest BCUT2D eigenvalue weighted by molar-refractivity contribution is 5.89. The quantitative estimate of drug-likeness (QED) is 0.706. The van der Waals surface area contributed by atoms with Gasteiger partial charge in [-0.3, -0.25) is 4.79 Å². The van der Waals surface area contributed by atoms with Crippen molar-refractivity contribution in [3.63, 3.8) is 0 Å². The first-order valence-electron chi connectivity index (χ1n) is 5.66. The van der Waals surface area contributed by atoms with Crippen molar-refractivity contribution in [1.29, 1.82) is 0 Å². The second-order valence-electron chi connectivity index (χ2n) is 3.81. The Bertz CT molecular complexity index is 397. The second kappa shape index (κ2) is 7.21. The Morgan fingerprint density at radius 2 is 2.06 bits per heavy atom. The summed E-state index contributed by atoms with van der Waals surface area (Å²) in [5, 5.41) is 13.9. The van der Waals surface area contributed by atoms with Crippen LogP contribution in [-0.4, -0.2) is 33.1 Å². The van der Waals surface area contributed by atoms with E-state index >= 15 is 0 Å². The van der Waals surface area contributed by atoms with Gasteiger partial charge in [-0.25, -0.2) is 14.8 Å². The minimum Gasteiger partial charge on any atom is -0.481 e. The van der Waals surface area contributed by atoms with Crippen LogP contribution in [-0.2, 0) is 4.79 Å². The van der Waals surface area contributed by atoms with Crippen molar-refractivity contribution in [3.05, 3.63) is 18.7 Å². The molecule has 0 saturated carbocycles. The van der Waals surface area contributed by atoms with E-state index in [-0.39, 0.29) is 12.5 Å². The smallest absolute Gasteiger partial charge is 0.319 e. The van der Waals surface area contributed by atoms with Crippen LogP contribution in [0.4, 0.5) is 10.5 Å². The summed E-state index contributed by atoms with van der Waals surface area (Å²) in [5.41, 5.74) is 0.459. The molecule has 18 heavy (non-hydrogen) atoms. The third kappa shape index (κ3) is 5.24. The maximum atomic E-state index is 11.6. The number of hydrogen-bond acceptors (Lipinski definition) is 4. The minimum absolute atomic E-state index is 0.0907. The van der Waals surface area contributed by atoms with E-state index < -0.39 is 12.0 Å². The molecular weight excluding hydrogens is 236 g/mol. The molecule has 0 aromatic carbocycles. The van der Waals surface area contributed by atoms with Crippen molar-refractivity contribution in [2.24, 2.45) is 0 Å². The summed E-state index contributed by atoms with van der Waals surface area (Å²) >= 11 is 0. The Hall–Kier alpha value is -2.18. The van der Waals surface area contributed by atoms with Crippen molar-refractivity contribution < 1.29 is 14.7 Å². The number of carbonyl (C=O) groups excluding carboxylic acids is 1. The zero-order valence-corrected chi connectivity index (χ0v) is 10.1. The average Bonchev–Trinajstić information content (AvgIpc) is 2.29. The van der Waals surface area contributed by atoms with Gasteiger partial charge in [-0.15, -0.1) is 0 Å². The molecule has 7 heteroatoms. The van der Waals surface area contributed by atoms with Gasteiger partial charge in [0.25, 0.3) is 0 Å². The fourth-order valence-corrected chi connectivity index (χ4v) is 1.50. The number of hydrogen-bond donors (Lipinski definition) is 3. The van der Waals surface area contributed by atoms with Crippen LogP contribution in [0.15, 0.2) is 18.7 Å². The minimum atomic E-state index is -0.934. The zero-order valence-electron chi connectivity index (χ0n) is 10.1. The Labute approximate surface area is 105 Å². The molecule has 1 unspecified atom stereocenters. The second-order valence-corrected chi connectivity index (χ2v) is 3.81. The van der Waals surface area contributed by atoms with Crippen LogP contribution in [0.2, 0.25) is 0 Å². The first-order chi connectivity index (χ1) is 8.61. The topological polar surface area (TPSA) is 104 Å². The summed E-state index contributed by atoms with van der Waals surface area (Å²) in [6.07, 6.45) is 5.59. The Morgan fingerprint density at radius 1 is 1.39 bits per heavy atom. The van der Waals surface area contributed by atoms with E-state index in [9.17, 15) is 9.59 Å². The number of carboxylic acids is 1. The van der Waals surface area contributed by atoms with Gasteiger partial charge in [0.2, 0.25) is 0 Å². The maximum absolute atomic E-state index is 11.6. The summed E-state index contributed by atoms with van der Waals surface area (Å²) in [7, 11) is 0. The van der Waals surface area contributed by atoms with Crippen molar-refractivity contribution in [2.75, 3.05) is 5.32 Å². The molecule has 0 bridgehead atoms. The van der Waals surface area contributed by atoms with Gasteiger partial charge in [-0.05, 0) is 6.42 Å². The van der Waals surface area contributed by atoms with E-state index in [0.717, 1.165) is 6.42 Å². The molecule has 2 amide bonds. The molecule has 0 fully saturated rings. The van der Waals surface area contributed by atoms with Gasteiger partial charge in [-0.2, -0.15) is 0 Å². The number of carboxylic acid groups (broad SMARTS) is 1. The van der Waals surface area contributed by atoms with Crippen LogP contribution >= 0.6 is 0 Å². The third-order valence-electron chi connectivity index (χ3n) is 2.21. The molecule has 1 heterocycles. The van der Waals surface area contributed by atoms with Crippen LogP contribution in [0.5, 0.6) is 0 Å². The molecule has 1 aromatic rings. The van der Waals surface area contributed by atoms with Crippen LogP contribution in [0, 0.1) is 0 Å². The molecule has 1 rings (SSSR count). The standard InChI is InChI=1S/C11H16N4O3/c1-2-3-8(4-10(16)17)14-11(18)15-9-5-12-7-13-6-9/h5-8H,2-4H2,1H3,(H,16,17)(H2,14,15,18). The summed E-state index contributed by atoms with van der Waals surface area (Å²) in [4.78, 5) is 29.7. The summed E-state index contributed by atoms with van der Waals surface area (Å²) in [6.45, 7) is 1.93. The highest BCUT2D eigenvalue weighted by Crippen LogP contribution is 2.04. The first-order valence-corrected chi connectivity index (χ1v) is 5.66. The molecule has 7 nitrogen and oxygen atoms in total. The van der Waals surface area contributed by atoms with Crippen LogP contribution < -0.4 is 10.6 Å². The summed E-state index contributed by atoms with van der Waals surface area (Å²) < 4.78 is 0. The lowest BCUT2D eigenvalue weighted by molar-refractivity contribution is -0.137. The fourth-order valence-electron chi connectivity index (χ4n) is 1.50. The van der Waals surface area contributed by atoms with Gasteiger partial charge in [0.05, 0.1) is 24.5 Å². The molecule has 0 radical (unpaired) electrons. The number of nitrogens with zero attached hydrogens (tertiary/aromatic N) is 2. The van der Waals surface area contributed by atoms with E-state index in [1.54, 1.807) is 0 Å². The van der Waals surface area contributed by atoms with Crippen LogP contribution in [0.3, 0.4) is 0 Å². The molecule has 0 saturated heterocycles. The Kier molecular flexibility index (Phi) is 5.56. The molecule has 98 valence electrons. The number of carbonyl (C=O) groups is 2. The van der Waals surface area contributed by atoms with Crippen LogP contribution in [0.1, 0.15) is 26.2 Å².